The molecule has 3 rings (SSSR count). The predicted octanol–water partition coefficient (Wildman–Crippen LogP) is 1.69. The number of carbonyl (C=O) groups is 3. The van der Waals surface area contributed by atoms with Gasteiger partial charge in [0.05, 0.1) is 6.54 Å². The van der Waals surface area contributed by atoms with E-state index >= 15 is 0 Å². The molecule has 2 aliphatic rings. The Morgan fingerprint density at radius 1 is 1.09 bits per heavy atom. The Labute approximate surface area is 126 Å². The first-order valence-electron chi connectivity index (χ1n) is 6.74. The minimum absolute atomic E-state index is 0.123. The standard InChI is InChI=1S/C17H12N2O3/c20-15-14(13-9-5-2-6-10-13)16(21)19(17(22)18-15)11-12-7-3-1-4-8-12/h1,3-5,7-10,14H,11H2,(H,18,20,22). The van der Waals surface area contributed by atoms with Crippen molar-refractivity contribution in [3.8, 4) is 0 Å². The van der Waals surface area contributed by atoms with E-state index in [1.165, 1.54) is 6.08 Å². The van der Waals surface area contributed by atoms with E-state index in [1.54, 1.807) is 12.2 Å². The fraction of sp³-hybridized carbons (Fsp3) is 0.118. The van der Waals surface area contributed by atoms with Gasteiger partial charge in [-0.2, -0.15) is 0 Å². The van der Waals surface area contributed by atoms with Crippen LogP contribution in [0.5, 0.6) is 0 Å². The number of imide groups is 2. The van der Waals surface area contributed by atoms with Crippen molar-refractivity contribution in [1.82, 2.24) is 10.2 Å². The molecule has 0 saturated carbocycles. The Morgan fingerprint density at radius 3 is 2.55 bits per heavy atom. The largest absolute Gasteiger partial charge is 0.331 e. The second kappa shape index (κ2) is 5.70. The van der Waals surface area contributed by atoms with Gasteiger partial charge in [0.2, 0.25) is 11.8 Å². The second-order valence-corrected chi connectivity index (χ2v) is 4.90. The molecule has 0 aromatic heterocycles. The van der Waals surface area contributed by atoms with Gasteiger partial charge in [0.15, 0.2) is 0 Å². The van der Waals surface area contributed by atoms with Crippen LogP contribution in [0.2, 0.25) is 0 Å². The minimum atomic E-state index is -1.03. The average molecular weight is 292 g/mol. The maximum atomic E-state index is 12.6. The fourth-order valence-electron chi connectivity index (χ4n) is 2.36. The molecule has 108 valence electrons. The van der Waals surface area contributed by atoms with E-state index in [1.807, 2.05) is 30.3 Å². The molecule has 1 unspecified atom stereocenters. The van der Waals surface area contributed by atoms with Crippen molar-refractivity contribution in [3.63, 3.8) is 0 Å². The molecule has 1 aliphatic heterocycles. The molecule has 22 heavy (non-hydrogen) atoms. The van der Waals surface area contributed by atoms with E-state index in [0.29, 0.717) is 5.57 Å². The van der Waals surface area contributed by atoms with Gasteiger partial charge >= 0.3 is 6.03 Å². The lowest BCUT2D eigenvalue weighted by Crippen LogP contribution is -2.57. The van der Waals surface area contributed by atoms with Crippen molar-refractivity contribution in [2.75, 3.05) is 0 Å². The number of urea groups is 1. The van der Waals surface area contributed by atoms with Gasteiger partial charge in [0.1, 0.15) is 5.92 Å². The summed E-state index contributed by atoms with van der Waals surface area (Å²) in [5.41, 5.74) is 6.73. The van der Waals surface area contributed by atoms with Crippen LogP contribution in [0.25, 0.3) is 0 Å². The molecule has 5 nitrogen and oxygen atoms in total. The van der Waals surface area contributed by atoms with E-state index in [2.05, 4.69) is 16.8 Å². The summed E-state index contributed by atoms with van der Waals surface area (Å²) in [7, 11) is 0. The van der Waals surface area contributed by atoms with Gasteiger partial charge in [0, 0.05) is 0 Å². The van der Waals surface area contributed by atoms with Crippen LogP contribution < -0.4 is 5.32 Å². The Bertz CT molecular complexity index is 779. The predicted molar refractivity (Wildman–Crippen MR) is 78.3 cm³/mol. The lowest BCUT2D eigenvalue weighted by atomic mass is 9.93. The molecule has 1 aromatic rings. The molecule has 0 radical (unpaired) electrons. The van der Waals surface area contributed by atoms with Crippen LogP contribution >= 0.6 is 0 Å². The van der Waals surface area contributed by atoms with Crippen LogP contribution in [-0.4, -0.2) is 22.7 Å². The van der Waals surface area contributed by atoms with Crippen molar-refractivity contribution >= 4 is 17.8 Å². The zero-order valence-electron chi connectivity index (χ0n) is 11.6. The van der Waals surface area contributed by atoms with Crippen LogP contribution in [0.15, 0.2) is 65.6 Å². The summed E-state index contributed by atoms with van der Waals surface area (Å²) in [5.74, 6) is -2.18. The number of hydrogen-bond acceptors (Lipinski definition) is 3. The molecule has 5 heteroatoms. The van der Waals surface area contributed by atoms with Crippen LogP contribution in [-0.2, 0) is 16.1 Å². The van der Waals surface area contributed by atoms with Crippen molar-refractivity contribution < 1.29 is 14.4 Å². The zero-order valence-corrected chi connectivity index (χ0v) is 11.6. The third-order valence-electron chi connectivity index (χ3n) is 3.45. The Balaban J connectivity index is 1.88. The smallest absolute Gasteiger partial charge is 0.277 e. The van der Waals surface area contributed by atoms with E-state index in [9.17, 15) is 14.4 Å². The third-order valence-corrected chi connectivity index (χ3v) is 3.45. The first kappa shape index (κ1) is 13.8. The quantitative estimate of drug-likeness (QED) is 0.681. The summed E-state index contributed by atoms with van der Waals surface area (Å²) in [5, 5.41) is 2.23. The summed E-state index contributed by atoms with van der Waals surface area (Å²) < 4.78 is 0. The van der Waals surface area contributed by atoms with Crippen molar-refractivity contribution in [2.24, 2.45) is 5.92 Å². The number of barbiturate groups is 1. The summed E-state index contributed by atoms with van der Waals surface area (Å²) in [6, 6.07) is 8.44. The van der Waals surface area contributed by atoms with Gasteiger partial charge < -0.3 is 0 Å². The number of allylic oxidation sites excluding steroid dienone is 3. The number of nitrogens with zero attached hydrogens (tertiary/aromatic N) is 1. The van der Waals surface area contributed by atoms with Crippen molar-refractivity contribution in [2.45, 2.75) is 6.54 Å². The molecule has 1 aliphatic carbocycles. The van der Waals surface area contributed by atoms with E-state index in [-0.39, 0.29) is 6.54 Å². The number of benzene rings is 1. The number of nitrogens with one attached hydrogen (secondary N) is 1. The summed E-state index contributed by atoms with van der Waals surface area (Å²) >= 11 is 0. The third kappa shape index (κ3) is 2.54. The normalized spacial score (nSPS) is 20.2. The molecular weight excluding hydrogens is 280 g/mol. The van der Waals surface area contributed by atoms with Gasteiger partial charge in [-0.1, -0.05) is 41.8 Å². The van der Waals surface area contributed by atoms with Gasteiger partial charge in [-0.15, -0.1) is 0 Å². The molecule has 1 atom stereocenters. The van der Waals surface area contributed by atoms with Gasteiger partial charge in [-0.3, -0.25) is 19.8 Å². The van der Waals surface area contributed by atoms with Crippen molar-refractivity contribution in [3.05, 3.63) is 71.2 Å². The number of amides is 4. The van der Waals surface area contributed by atoms with E-state index < -0.39 is 23.8 Å². The van der Waals surface area contributed by atoms with E-state index in [4.69, 9.17) is 0 Å². The molecule has 4 amide bonds. The maximum Gasteiger partial charge on any atom is 0.331 e. The summed E-state index contributed by atoms with van der Waals surface area (Å²) in [6.07, 6.45) is 4.72. The van der Waals surface area contributed by atoms with Crippen LogP contribution in [0.3, 0.4) is 0 Å². The highest BCUT2D eigenvalue weighted by Gasteiger charge is 2.41. The van der Waals surface area contributed by atoms with Gasteiger partial charge in [-0.25, -0.2) is 4.79 Å². The first-order valence-corrected chi connectivity index (χ1v) is 6.74. The molecule has 1 heterocycles. The Kier molecular flexibility index (Phi) is 3.58. The van der Waals surface area contributed by atoms with E-state index in [0.717, 1.165) is 10.5 Å². The highest BCUT2D eigenvalue weighted by Crippen LogP contribution is 2.22. The molecule has 1 saturated heterocycles. The lowest BCUT2D eigenvalue weighted by Gasteiger charge is -2.30. The Hall–Kier alpha value is -3.13. The molecular formula is C17H12N2O3. The van der Waals surface area contributed by atoms with Crippen LogP contribution in [0.1, 0.15) is 5.56 Å². The SMILES string of the molecule is O=C1NC(=O)N(Cc2ccccc2)C(=O)C1C1=CC=C=C=C1. The minimum Gasteiger partial charge on any atom is -0.277 e. The molecule has 1 N–H and O–H groups in total. The first-order chi connectivity index (χ1) is 10.7. The number of rotatable bonds is 3. The average Bonchev–Trinajstić information content (AvgIpc) is 2.53. The van der Waals surface area contributed by atoms with Crippen LogP contribution in [0, 0.1) is 5.92 Å². The molecule has 0 bridgehead atoms. The maximum absolute atomic E-state index is 12.6. The zero-order chi connectivity index (χ0) is 15.5. The highest BCUT2D eigenvalue weighted by molar-refractivity contribution is 6.18. The summed E-state index contributed by atoms with van der Waals surface area (Å²) in [4.78, 5) is 37.6. The monoisotopic (exact) mass is 292 g/mol. The highest BCUT2D eigenvalue weighted by atomic mass is 16.2. The Morgan fingerprint density at radius 2 is 1.86 bits per heavy atom. The number of carbonyl (C=O) groups excluding carboxylic acids is 3. The molecule has 1 fully saturated rings. The lowest BCUT2D eigenvalue weighted by molar-refractivity contribution is -0.141. The fourth-order valence-corrected chi connectivity index (χ4v) is 2.36. The second-order valence-electron chi connectivity index (χ2n) is 4.90. The topological polar surface area (TPSA) is 66.5 Å². The van der Waals surface area contributed by atoms with Crippen molar-refractivity contribution in [1.29, 1.82) is 0 Å². The number of hydrogen-bond donors (Lipinski definition) is 1. The van der Waals surface area contributed by atoms with Gasteiger partial charge in [-0.05, 0) is 29.4 Å². The van der Waals surface area contributed by atoms with Crippen LogP contribution in [0.4, 0.5) is 4.79 Å². The van der Waals surface area contributed by atoms with Gasteiger partial charge in [0.25, 0.3) is 0 Å². The molecule has 1 aromatic carbocycles. The summed E-state index contributed by atoms with van der Waals surface area (Å²) in [6.45, 7) is 0.123. The molecule has 0 spiro atoms.